The van der Waals surface area contributed by atoms with Crippen LogP contribution in [0.1, 0.15) is 43.7 Å². The summed E-state index contributed by atoms with van der Waals surface area (Å²) in [5, 5.41) is 0. The zero-order valence-corrected chi connectivity index (χ0v) is 15.0. The number of hydrogen-bond donors (Lipinski definition) is 1. The van der Waals surface area contributed by atoms with Gasteiger partial charge in [0.05, 0.1) is 0 Å². The van der Waals surface area contributed by atoms with Crippen molar-refractivity contribution in [3.05, 3.63) is 40.6 Å². The fourth-order valence-corrected chi connectivity index (χ4v) is 3.50. The van der Waals surface area contributed by atoms with Crippen molar-refractivity contribution < 1.29 is 9.21 Å². The van der Waals surface area contributed by atoms with Gasteiger partial charge in [-0.1, -0.05) is 0 Å². The monoisotopic (exact) mass is 376 g/mol. The van der Waals surface area contributed by atoms with Gasteiger partial charge < -0.3 is 15.1 Å². The van der Waals surface area contributed by atoms with E-state index in [0.717, 1.165) is 22.9 Å². The number of hydrogen-bond acceptors (Lipinski definition) is 3. The van der Waals surface area contributed by atoms with Gasteiger partial charge in [-0.25, -0.2) is 0 Å². The molecule has 2 N–H and O–H groups in total. The zero-order chi connectivity index (χ0) is 16.6. The molecule has 4 nitrogen and oxygen atoms in total. The number of carbonyl (C=O) groups is 1. The second-order valence-electron chi connectivity index (χ2n) is 6.24. The van der Waals surface area contributed by atoms with Crippen LogP contribution in [0.25, 0.3) is 11.3 Å². The quantitative estimate of drug-likeness (QED) is 0.772. The lowest BCUT2D eigenvalue weighted by Gasteiger charge is -2.38. The summed E-state index contributed by atoms with van der Waals surface area (Å²) in [5.74, 6) is 1.02. The Hall–Kier alpha value is -1.75. The summed E-state index contributed by atoms with van der Waals surface area (Å²) in [6, 6.07) is 9.72. The Balaban J connectivity index is 1.86. The molecule has 0 aliphatic carbocycles. The zero-order valence-electron chi connectivity index (χ0n) is 13.4. The highest BCUT2D eigenvalue weighted by Crippen LogP contribution is 2.30. The smallest absolute Gasteiger partial charge is 0.290 e. The fourth-order valence-electron chi connectivity index (χ4n) is 3.25. The third-order valence-corrected chi connectivity index (χ3v) is 5.25. The third-order valence-electron chi connectivity index (χ3n) is 4.53. The van der Waals surface area contributed by atoms with Crippen molar-refractivity contribution in [2.75, 3.05) is 5.73 Å². The Bertz CT molecular complexity index is 716. The van der Waals surface area contributed by atoms with Crippen molar-refractivity contribution in [2.45, 2.75) is 45.2 Å². The maximum Gasteiger partial charge on any atom is 0.290 e. The van der Waals surface area contributed by atoms with Crippen molar-refractivity contribution in [1.29, 1.82) is 0 Å². The van der Waals surface area contributed by atoms with Gasteiger partial charge in [-0.2, -0.15) is 0 Å². The number of carbonyl (C=O) groups excluding carboxylic acids is 1. The molecule has 5 heteroatoms. The second-order valence-corrected chi connectivity index (χ2v) is 7.10. The van der Waals surface area contributed by atoms with Crippen LogP contribution in [0, 0.1) is 0 Å². The molecule has 2 atom stereocenters. The van der Waals surface area contributed by atoms with Crippen molar-refractivity contribution in [3.63, 3.8) is 0 Å². The molecule has 1 fully saturated rings. The highest BCUT2D eigenvalue weighted by molar-refractivity contribution is 9.10. The van der Waals surface area contributed by atoms with Gasteiger partial charge in [0.1, 0.15) is 5.76 Å². The molecule has 1 amide bonds. The first-order valence-corrected chi connectivity index (χ1v) is 8.74. The van der Waals surface area contributed by atoms with Gasteiger partial charge in [0.15, 0.2) is 5.76 Å². The molecule has 1 aromatic heterocycles. The summed E-state index contributed by atoms with van der Waals surface area (Å²) in [5.41, 5.74) is 7.42. The van der Waals surface area contributed by atoms with Crippen LogP contribution in [0.2, 0.25) is 0 Å². The predicted octanol–water partition coefficient (Wildman–Crippen LogP) is 4.69. The van der Waals surface area contributed by atoms with Gasteiger partial charge >= 0.3 is 0 Å². The van der Waals surface area contributed by atoms with E-state index in [2.05, 4.69) is 29.8 Å². The molecule has 1 aliphatic rings. The van der Waals surface area contributed by atoms with E-state index in [1.54, 1.807) is 6.07 Å². The molecular formula is C18H21BrN2O2. The van der Waals surface area contributed by atoms with E-state index in [9.17, 15) is 4.79 Å². The highest BCUT2D eigenvalue weighted by Gasteiger charge is 2.31. The minimum absolute atomic E-state index is 0.0268. The fraction of sp³-hybridized carbons (Fsp3) is 0.389. The average molecular weight is 377 g/mol. The first-order chi connectivity index (χ1) is 11.0. The van der Waals surface area contributed by atoms with Crippen LogP contribution in [0.5, 0.6) is 0 Å². The Kier molecular flexibility index (Phi) is 4.48. The number of amides is 1. The first-order valence-electron chi connectivity index (χ1n) is 7.95. The predicted molar refractivity (Wildman–Crippen MR) is 95.2 cm³/mol. The van der Waals surface area contributed by atoms with E-state index >= 15 is 0 Å². The van der Waals surface area contributed by atoms with Crippen molar-refractivity contribution >= 4 is 27.5 Å². The highest BCUT2D eigenvalue weighted by atomic mass is 79.9. The van der Waals surface area contributed by atoms with E-state index < -0.39 is 0 Å². The van der Waals surface area contributed by atoms with Gasteiger partial charge in [-0.3, -0.25) is 4.79 Å². The van der Waals surface area contributed by atoms with Crippen molar-refractivity contribution in [2.24, 2.45) is 0 Å². The van der Waals surface area contributed by atoms with Gasteiger partial charge in [0, 0.05) is 27.8 Å². The van der Waals surface area contributed by atoms with E-state index in [1.807, 2.05) is 29.2 Å². The Morgan fingerprint density at radius 2 is 1.91 bits per heavy atom. The lowest BCUT2D eigenvalue weighted by Crippen LogP contribution is -2.47. The molecule has 0 spiro atoms. The molecule has 0 radical (unpaired) electrons. The number of nitrogens with two attached hydrogens (primary N) is 1. The molecule has 2 aromatic rings. The SMILES string of the molecule is C[C@@H]1CCC[C@@H](C)N1C(=O)c1ccc(-c2ccc(Br)c(N)c2)o1. The van der Waals surface area contributed by atoms with Crippen LogP contribution in [0.4, 0.5) is 5.69 Å². The first kappa shape index (κ1) is 16.1. The van der Waals surface area contributed by atoms with Gasteiger partial charge in [-0.05, 0) is 79.4 Å². The van der Waals surface area contributed by atoms with Crippen LogP contribution >= 0.6 is 15.9 Å². The van der Waals surface area contributed by atoms with Crippen LogP contribution in [-0.4, -0.2) is 22.9 Å². The standard InChI is InChI=1S/C18H21BrN2O2/c1-11-4-3-5-12(2)21(11)18(22)17-9-8-16(23-17)13-6-7-14(19)15(20)10-13/h6-12H,3-5,20H2,1-2H3/t11-,12-/m1/s1. The lowest BCUT2D eigenvalue weighted by molar-refractivity contribution is 0.0479. The summed E-state index contributed by atoms with van der Waals surface area (Å²) in [4.78, 5) is 14.7. The molecule has 0 saturated carbocycles. The minimum Gasteiger partial charge on any atom is -0.451 e. The van der Waals surface area contributed by atoms with E-state index in [-0.39, 0.29) is 18.0 Å². The maximum absolute atomic E-state index is 12.8. The van der Waals surface area contributed by atoms with Gasteiger partial charge in [0.25, 0.3) is 5.91 Å². The molecular weight excluding hydrogens is 356 g/mol. The van der Waals surface area contributed by atoms with E-state index in [1.165, 1.54) is 6.42 Å². The Labute approximate surface area is 144 Å². The number of piperidine rings is 1. The largest absolute Gasteiger partial charge is 0.451 e. The maximum atomic E-state index is 12.8. The minimum atomic E-state index is -0.0268. The topological polar surface area (TPSA) is 59.5 Å². The summed E-state index contributed by atoms with van der Waals surface area (Å²) in [7, 11) is 0. The number of furan rings is 1. The summed E-state index contributed by atoms with van der Waals surface area (Å²) in [6.45, 7) is 4.21. The van der Waals surface area contributed by atoms with Crippen LogP contribution in [-0.2, 0) is 0 Å². The average Bonchev–Trinajstić information content (AvgIpc) is 2.99. The number of nitrogens with zero attached hydrogens (tertiary/aromatic N) is 1. The van der Waals surface area contributed by atoms with Gasteiger partial charge in [-0.15, -0.1) is 0 Å². The number of anilines is 1. The molecule has 1 aromatic carbocycles. The normalized spacial score (nSPS) is 21.4. The molecule has 0 bridgehead atoms. The Morgan fingerprint density at radius 3 is 2.57 bits per heavy atom. The molecule has 23 heavy (non-hydrogen) atoms. The van der Waals surface area contributed by atoms with E-state index in [0.29, 0.717) is 17.2 Å². The number of nitrogen functional groups attached to an aromatic ring is 1. The van der Waals surface area contributed by atoms with Crippen molar-refractivity contribution in [1.82, 2.24) is 4.90 Å². The van der Waals surface area contributed by atoms with Crippen LogP contribution in [0.3, 0.4) is 0 Å². The second kappa shape index (κ2) is 6.40. The summed E-state index contributed by atoms with van der Waals surface area (Å²) < 4.78 is 6.66. The lowest BCUT2D eigenvalue weighted by atomic mass is 9.97. The van der Waals surface area contributed by atoms with Crippen molar-refractivity contribution in [3.8, 4) is 11.3 Å². The van der Waals surface area contributed by atoms with Crippen LogP contribution in [0.15, 0.2) is 39.2 Å². The summed E-state index contributed by atoms with van der Waals surface area (Å²) in [6.07, 6.45) is 3.27. The molecule has 122 valence electrons. The number of benzene rings is 1. The molecule has 0 unspecified atom stereocenters. The molecule has 1 saturated heterocycles. The summed E-state index contributed by atoms with van der Waals surface area (Å²) >= 11 is 3.38. The molecule has 3 rings (SSSR count). The van der Waals surface area contributed by atoms with E-state index in [4.69, 9.17) is 10.2 Å². The number of halogens is 1. The Morgan fingerprint density at radius 1 is 1.22 bits per heavy atom. The van der Waals surface area contributed by atoms with Crippen LogP contribution < -0.4 is 5.73 Å². The third kappa shape index (κ3) is 3.15. The molecule has 2 heterocycles. The number of likely N-dealkylation sites (tertiary alicyclic amines) is 1. The van der Waals surface area contributed by atoms with Gasteiger partial charge in [0.2, 0.25) is 0 Å². The molecule has 1 aliphatic heterocycles. The number of rotatable bonds is 2.